The molecule has 1 aliphatic rings. The lowest BCUT2D eigenvalue weighted by Crippen LogP contribution is -2.36. The van der Waals surface area contributed by atoms with Gasteiger partial charge in [-0.2, -0.15) is 0 Å². The summed E-state index contributed by atoms with van der Waals surface area (Å²) >= 11 is 0. The van der Waals surface area contributed by atoms with E-state index in [0.29, 0.717) is 6.54 Å². The van der Waals surface area contributed by atoms with E-state index >= 15 is 0 Å². The second-order valence-electron chi connectivity index (χ2n) is 5.66. The maximum absolute atomic E-state index is 10.9. The Morgan fingerprint density at radius 3 is 2.56 bits per heavy atom. The van der Waals surface area contributed by atoms with E-state index in [4.69, 9.17) is 5.11 Å². The molecule has 0 spiro atoms. The minimum absolute atomic E-state index is 0.562. The molecule has 1 saturated carbocycles. The molecule has 16 heavy (non-hydrogen) atoms. The zero-order valence-electron chi connectivity index (χ0n) is 10.6. The van der Waals surface area contributed by atoms with Crippen molar-refractivity contribution in [3.05, 3.63) is 0 Å². The molecule has 0 unspecified atom stereocenters. The Balaban J connectivity index is 2.01. The molecule has 0 radical (unpaired) electrons. The monoisotopic (exact) mass is 227 g/mol. The van der Waals surface area contributed by atoms with Gasteiger partial charge in [-0.1, -0.05) is 25.7 Å². The molecule has 0 heterocycles. The Morgan fingerprint density at radius 2 is 2.00 bits per heavy atom. The van der Waals surface area contributed by atoms with Crippen LogP contribution in [0.2, 0.25) is 0 Å². The molecule has 1 aliphatic carbocycles. The number of carbonyl (C=O) groups is 1. The first-order valence-corrected chi connectivity index (χ1v) is 6.46. The van der Waals surface area contributed by atoms with Crippen molar-refractivity contribution in [2.75, 3.05) is 13.1 Å². The largest absolute Gasteiger partial charge is 0.481 e. The number of carboxylic acids is 1. The van der Waals surface area contributed by atoms with Crippen molar-refractivity contribution in [3.63, 3.8) is 0 Å². The molecular weight excluding hydrogens is 202 g/mol. The number of rotatable bonds is 7. The van der Waals surface area contributed by atoms with E-state index in [-0.39, 0.29) is 0 Å². The van der Waals surface area contributed by atoms with Gasteiger partial charge < -0.3 is 10.4 Å². The summed E-state index contributed by atoms with van der Waals surface area (Å²) in [7, 11) is 0. The van der Waals surface area contributed by atoms with E-state index in [2.05, 4.69) is 5.32 Å². The molecule has 0 aromatic heterocycles. The van der Waals surface area contributed by atoms with Gasteiger partial charge in [-0.05, 0) is 39.2 Å². The van der Waals surface area contributed by atoms with E-state index < -0.39 is 11.4 Å². The zero-order valence-corrected chi connectivity index (χ0v) is 10.6. The molecule has 0 atom stereocenters. The Hall–Kier alpha value is -0.570. The van der Waals surface area contributed by atoms with Crippen LogP contribution in [-0.2, 0) is 4.79 Å². The molecule has 1 fully saturated rings. The van der Waals surface area contributed by atoms with Crippen LogP contribution in [0.4, 0.5) is 0 Å². The molecule has 0 aliphatic heterocycles. The Morgan fingerprint density at radius 1 is 1.38 bits per heavy atom. The van der Waals surface area contributed by atoms with Crippen LogP contribution in [0.3, 0.4) is 0 Å². The second kappa shape index (κ2) is 6.24. The van der Waals surface area contributed by atoms with Crippen molar-refractivity contribution in [2.45, 2.75) is 52.4 Å². The highest BCUT2D eigenvalue weighted by Gasteiger charge is 2.26. The van der Waals surface area contributed by atoms with Crippen molar-refractivity contribution >= 4 is 5.97 Å². The minimum Gasteiger partial charge on any atom is -0.481 e. The molecule has 0 amide bonds. The maximum Gasteiger partial charge on any atom is 0.310 e. The van der Waals surface area contributed by atoms with Crippen LogP contribution in [0.5, 0.6) is 0 Å². The summed E-state index contributed by atoms with van der Waals surface area (Å²) in [5, 5.41) is 12.2. The van der Waals surface area contributed by atoms with Crippen LogP contribution in [0.1, 0.15) is 52.4 Å². The maximum atomic E-state index is 10.9. The number of hydrogen-bond acceptors (Lipinski definition) is 2. The molecule has 3 nitrogen and oxygen atoms in total. The summed E-state index contributed by atoms with van der Waals surface area (Å²) in [4.78, 5) is 10.9. The molecular formula is C13H25NO2. The first-order valence-electron chi connectivity index (χ1n) is 6.46. The molecule has 0 saturated heterocycles. The van der Waals surface area contributed by atoms with Crippen molar-refractivity contribution in [2.24, 2.45) is 11.3 Å². The highest BCUT2D eigenvalue weighted by molar-refractivity contribution is 5.73. The van der Waals surface area contributed by atoms with Crippen LogP contribution in [0, 0.1) is 11.3 Å². The topological polar surface area (TPSA) is 49.3 Å². The molecule has 0 bridgehead atoms. The molecule has 2 N–H and O–H groups in total. The van der Waals surface area contributed by atoms with Crippen LogP contribution in [0.15, 0.2) is 0 Å². The van der Waals surface area contributed by atoms with Gasteiger partial charge in [0.25, 0.3) is 0 Å². The Kier molecular flexibility index (Phi) is 5.26. The second-order valence-corrected chi connectivity index (χ2v) is 5.66. The van der Waals surface area contributed by atoms with Gasteiger partial charge in [-0.15, -0.1) is 0 Å². The number of aliphatic carboxylic acids is 1. The summed E-state index contributed by atoms with van der Waals surface area (Å²) in [6, 6.07) is 0. The van der Waals surface area contributed by atoms with Crippen molar-refractivity contribution in [1.29, 1.82) is 0 Å². The predicted octanol–water partition coefficient (Wildman–Crippen LogP) is 2.66. The lowest BCUT2D eigenvalue weighted by atomic mass is 9.94. The SMILES string of the molecule is CC(C)(CNCCCC1CCCC1)C(=O)O. The van der Waals surface area contributed by atoms with Crippen molar-refractivity contribution in [3.8, 4) is 0 Å². The molecule has 0 aromatic carbocycles. The van der Waals surface area contributed by atoms with Gasteiger partial charge in [0.05, 0.1) is 5.41 Å². The van der Waals surface area contributed by atoms with Crippen LogP contribution >= 0.6 is 0 Å². The quantitative estimate of drug-likeness (QED) is 0.657. The fourth-order valence-corrected chi connectivity index (χ4v) is 2.29. The lowest BCUT2D eigenvalue weighted by Gasteiger charge is -2.19. The summed E-state index contributed by atoms with van der Waals surface area (Å²) in [5.74, 6) is 0.213. The lowest BCUT2D eigenvalue weighted by molar-refractivity contribution is -0.146. The highest BCUT2D eigenvalue weighted by Crippen LogP contribution is 2.28. The van der Waals surface area contributed by atoms with Gasteiger partial charge in [0.15, 0.2) is 0 Å². The third kappa shape index (κ3) is 4.52. The number of nitrogens with one attached hydrogen (secondary N) is 1. The minimum atomic E-state index is -0.726. The van der Waals surface area contributed by atoms with Gasteiger partial charge in [0, 0.05) is 6.54 Å². The van der Waals surface area contributed by atoms with Gasteiger partial charge in [-0.25, -0.2) is 0 Å². The van der Waals surface area contributed by atoms with Gasteiger partial charge in [-0.3, -0.25) is 4.79 Å². The first kappa shape index (κ1) is 13.5. The van der Waals surface area contributed by atoms with Crippen molar-refractivity contribution < 1.29 is 9.90 Å². The standard InChI is InChI=1S/C13H25NO2/c1-13(2,12(15)16)10-14-9-5-8-11-6-3-4-7-11/h11,14H,3-10H2,1-2H3,(H,15,16). The third-order valence-electron chi connectivity index (χ3n) is 3.59. The van der Waals surface area contributed by atoms with Crippen LogP contribution in [-0.4, -0.2) is 24.2 Å². The number of carboxylic acid groups (broad SMARTS) is 1. The van der Waals surface area contributed by atoms with Gasteiger partial charge >= 0.3 is 5.97 Å². The molecule has 0 aromatic rings. The predicted molar refractivity (Wildman–Crippen MR) is 65.5 cm³/mol. The summed E-state index contributed by atoms with van der Waals surface area (Å²) in [6.45, 7) is 5.04. The van der Waals surface area contributed by atoms with E-state index in [1.54, 1.807) is 13.8 Å². The summed E-state index contributed by atoms with van der Waals surface area (Å²) in [6.07, 6.45) is 8.11. The van der Waals surface area contributed by atoms with E-state index in [0.717, 1.165) is 12.5 Å². The Bertz CT molecular complexity index is 220. The van der Waals surface area contributed by atoms with E-state index in [1.807, 2.05) is 0 Å². The smallest absolute Gasteiger partial charge is 0.310 e. The summed E-state index contributed by atoms with van der Waals surface area (Å²) in [5.41, 5.74) is -0.645. The third-order valence-corrected chi connectivity index (χ3v) is 3.59. The average Bonchev–Trinajstić information content (AvgIpc) is 2.69. The fourth-order valence-electron chi connectivity index (χ4n) is 2.29. The van der Waals surface area contributed by atoms with Gasteiger partial charge in [0.1, 0.15) is 0 Å². The van der Waals surface area contributed by atoms with Crippen molar-refractivity contribution in [1.82, 2.24) is 5.32 Å². The zero-order chi connectivity index (χ0) is 12.0. The Labute approximate surface area is 98.6 Å². The van der Waals surface area contributed by atoms with Crippen LogP contribution in [0.25, 0.3) is 0 Å². The average molecular weight is 227 g/mol. The fraction of sp³-hybridized carbons (Fsp3) is 0.923. The highest BCUT2D eigenvalue weighted by atomic mass is 16.4. The normalized spacial score (nSPS) is 17.9. The molecule has 3 heteroatoms. The number of hydrogen-bond donors (Lipinski definition) is 2. The van der Waals surface area contributed by atoms with E-state index in [1.165, 1.54) is 38.5 Å². The van der Waals surface area contributed by atoms with E-state index in [9.17, 15) is 4.79 Å². The first-order chi connectivity index (χ1) is 7.52. The van der Waals surface area contributed by atoms with Gasteiger partial charge in [0.2, 0.25) is 0 Å². The summed E-state index contributed by atoms with van der Waals surface area (Å²) < 4.78 is 0. The van der Waals surface area contributed by atoms with Crippen LogP contribution < -0.4 is 5.32 Å². The molecule has 94 valence electrons. The molecule has 1 rings (SSSR count).